The van der Waals surface area contributed by atoms with E-state index >= 15 is 0 Å². The van der Waals surface area contributed by atoms with E-state index in [1.165, 1.54) is 6.92 Å². The van der Waals surface area contributed by atoms with E-state index in [4.69, 9.17) is 9.72 Å². The van der Waals surface area contributed by atoms with Gasteiger partial charge in [-0.25, -0.2) is 4.98 Å². The number of hydrogen-bond donors (Lipinski definition) is 1. The number of benzene rings is 2. The number of aromatic nitrogens is 1. The third-order valence-corrected chi connectivity index (χ3v) is 4.86. The van der Waals surface area contributed by atoms with Gasteiger partial charge in [-0.05, 0) is 42.8 Å². The van der Waals surface area contributed by atoms with Crippen LogP contribution >= 0.6 is 0 Å². The molecule has 0 spiro atoms. The van der Waals surface area contributed by atoms with Crippen LogP contribution in [0.5, 0.6) is 5.75 Å². The lowest BCUT2D eigenvalue weighted by Crippen LogP contribution is -2.54. The number of fused-ring (bicyclic) bond motifs is 1. The van der Waals surface area contributed by atoms with Crippen molar-refractivity contribution in [2.24, 2.45) is 0 Å². The summed E-state index contributed by atoms with van der Waals surface area (Å²) in [4.78, 5) is 18.1. The first-order chi connectivity index (χ1) is 13.1. The maximum Gasteiger partial charge on any atom is 0.217 e. The second-order valence-corrected chi connectivity index (χ2v) is 7.00. The molecule has 2 heterocycles. The zero-order valence-electron chi connectivity index (χ0n) is 15.6. The molecular weight excluding hydrogens is 338 g/mol. The van der Waals surface area contributed by atoms with E-state index in [2.05, 4.69) is 28.4 Å². The number of hydrogen-bond acceptors (Lipinski definition) is 4. The summed E-state index contributed by atoms with van der Waals surface area (Å²) in [7, 11) is 0. The normalized spacial score (nSPS) is 15.3. The Morgan fingerprint density at radius 3 is 2.59 bits per heavy atom. The van der Waals surface area contributed by atoms with Gasteiger partial charge in [-0.15, -0.1) is 0 Å². The van der Waals surface area contributed by atoms with Gasteiger partial charge < -0.3 is 15.0 Å². The molecule has 4 rings (SSSR count). The maximum atomic E-state index is 11.2. The highest BCUT2D eigenvalue weighted by atomic mass is 16.5. The van der Waals surface area contributed by atoms with Gasteiger partial charge in [0.1, 0.15) is 17.7 Å². The number of anilines is 1. The molecule has 0 saturated carbocycles. The van der Waals surface area contributed by atoms with Gasteiger partial charge in [0, 0.05) is 12.3 Å². The summed E-state index contributed by atoms with van der Waals surface area (Å²) < 4.78 is 6.05. The fourth-order valence-corrected chi connectivity index (χ4v) is 3.35. The van der Waals surface area contributed by atoms with Gasteiger partial charge >= 0.3 is 0 Å². The van der Waals surface area contributed by atoms with Gasteiger partial charge in [0.05, 0.1) is 24.6 Å². The average molecular weight is 361 g/mol. The van der Waals surface area contributed by atoms with E-state index in [9.17, 15) is 4.79 Å². The Morgan fingerprint density at radius 1 is 1.11 bits per heavy atom. The van der Waals surface area contributed by atoms with Crippen molar-refractivity contribution < 1.29 is 9.53 Å². The van der Waals surface area contributed by atoms with E-state index < -0.39 is 0 Å². The van der Waals surface area contributed by atoms with E-state index in [-0.39, 0.29) is 18.1 Å². The topological polar surface area (TPSA) is 54.5 Å². The van der Waals surface area contributed by atoms with Crippen LogP contribution in [-0.2, 0) is 4.79 Å². The highest BCUT2D eigenvalue weighted by molar-refractivity contribution is 5.80. The monoisotopic (exact) mass is 361 g/mol. The number of rotatable bonds is 5. The molecule has 1 aliphatic heterocycles. The van der Waals surface area contributed by atoms with Crippen molar-refractivity contribution in [3.05, 3.63) is 66.2 Å². The predicted octanol–water partition coefficient (Wildman–Crippen LogP) is 3.70. The summed E-state index contributed by atoms with van der Waals surface area (Å²) in [6.45, 7) is 5.16. The molecule has 5 nitrogen and oxygen atoms in total. The minimum atomic E-state index is -0.0281. The molecule has 1 aliphatic rings. The van der Waals surface area contributed by atoms with Crippen molar-refractivity contribution in [2.45, 2.75) is 26.0 Å². The molecule has 138 valence electrons. The Balaban J connectivity index is 1.33. The SMILES string of the molecule is CC(=O)NC(C)c1ccc(OC2CN(c3ccc4ccccc4n3)C2)cc1. The number of amides is 1. The summed E-state index contributed by atoms with van der Waals surface area (Å²) >= 11 is 0. The van der Waals surface area contributed by atoms with Gasteiger partial charge in [-0.1, -0.05) is 30.3 Å². The molecule has 1 aromatic heterocycles. The van der Waals surface area contributed by atoms with Gasteiger partial charge in [0.2, 0.25) is 5.91 Å². The summed E-state index contributed by atoms with van der Waals surface area (Å²) in [5, 5.41) is 4.04. The average Bonchev–Trinajstić information content (AvgIpc) is 2.64. The second kappa shape index (κ2) is 7.27. The maximum absolute atomic E-state index is 11.2. The largest absolute Gasteiger partial charge is 0.487 e. The van der Waals surface area contributed by atoms with Gasteiger partial charge in [0.15, 0.2) is 0 Å². The van der Waals surface area contributed by atoms with Crippen molar-refractivity contribution in [3.63, 3.8) is 0 Å². The molecule has 27 heavy (non-hydrogen) atoms. The minimum Gasteiger partial charge on any atom is -0.487 e. The van der Waals surface area contributed by atoms with Gasteiger partial charge in [-0.3, -0.25) is 4.79 Å². The highest BCUT2D eigenvalue weighted by Gasteiger charge is 2.29. The summed E-state index contributed by atoms with van der Waals surface area (Å²) in [5.41, 5.74) is 2.08. The summed E-state index contributed by atoms with van der Waals surface area (Å²) in [6.07, 6.45) is 0.164. The Bertz CT molecular complexity index is 949. The smallest absolute Gasteiger partial charge is 0.217 e. The van der Waals surface area contributed by atoms with E-state index in [1.54, 1.807) is 0 Å². The number of carbonyl (C=O) groups is 1. The molecular formula is C22H23N3O2. The molecule has 2 aromatic carbocycles. The van der Waals surface area contributed by atoms with E-state index in [0.717, 1.165) is 41.1 Å². The van der Waals surface area contributed by atoms with Crippen LogP contribution in [0.1, 0.15) is 25.5 Å². The number of nitrogens with zero attached hydrogens (tertiary/aromatic N) is 2. The molecule has 1 unspecified atom stereocenters. The van der Waals surface area contributed by atoms with Crippen molar-refractivity contribution in [1.29, 1.82) is 0 Å². The molecule has 3 aromatic rings. The van der Waals surface area contributed by atoms with Crippen molar-refractivity contribution in [1.82, 2.24) is 10.3 Å². The Morgan fingerprint density at radius 2 is 1.85 bits per heavy atom. The fraction of sp³-hybridized carbons (Fsp3) is 0.273. The van der Waals surface area contributed by atoms with E-state index in [0.29, 0.717) is 0 Å². The van der Waals surface area contributed by atoms with Crippen LogP contribution < -0.4 is 15.0 Å². The van der Waals surface area contributed by atoms with Crippen LogP contribution in [0.3, 0.4) is 0 Å². The Labute approximate surface area is 159 Å². The first kappa shape index (κ1) is 17.3. The first-order valence-electron chi connectivity index (χ1n) is 9.23. The second-order valence-electron chi connectivity index (χ2n) is 7.00. The lowest BCUT2D eigenvalue weighted by Gasteiger charge is -2.39. The third-order valence-electron chi connectivity index (χ3n) is 4.86. The van der Waals surface area contributed by atoms with Crippen LogP contribution in [0.2, 0.25) is 0 Å². The predicted molar refractivity (Wildman–Crippen MR) is 107 cm³/mol. The van der Waals surface area contributed by atoms with E-state index in [1.807, 2.05) is 49.4 Å². The Kier molecular flexibility index (Phi) is 4.67. The van der Waals surface area contributed by atoms with Crippen LogP contribution in [0, 0.1) is 0 Å². The molecule has 5 heteroatoms. The number of pyridine rings is 1. The highest BCUT2D eigenvalue weighted by Crippen LogP contribution is 2.25. The molecule has 1 saturated heterocycles. The molecule has 1 fully saturated rings. The first-order valence-corrected chi connectivity index (χ1v) is 9.23. The zero-order chi connectivity index (χ0) is 18.8. The lowest BCUT2D eigenvalue weighted by atomic mass is 10.1. The number of carbonyl (C=O) groups excluding carboxylic acids is 1. The van der Waals surface area contributed by atoms with Crippen molar-refractivity contribution in [3.8, 4) is 5.75 Å². The van der Waals surface area contributed by atoms with Crippen LogP contribution in [0.15, 0.2) is 60.7 Å². The van der Waals surface area contributed by atoms with Gasteiger partial charge in [-0.2, -0.15) is 0 Å². The lowest BCUT2D eigenvalue weighted by molar-refractivity contribution is -0.119. The number of nitrogens with one attached hydrogen (secondary N) is 1. The van der Waals surface area contributed by atoms with Gasteiger partial charge in [0.25, 0.3) is 0 Å². The minimum absolute atomic E-state index is 0.00489. The molecule has 0 radical (unpaired) electrons. The Hall–Kier alpha value is -3.08. The van der Waals surface area contributed by atoms with Crippen LogP contribution in [-0.4, -0.2) is 30.1 Å². The molecule has 0 bridgehead atoms. The molecule has 1 amide bonds. The van der Waals surface area contributed by atoms with Crippen LogP contribution in [0.4, 0.5) is 5.82 Å². The number of ether oxygens (including phenoxy) is 1. The van der Waals surface area contributed by atoms with Crippen LogP contribution in [0.25, 0.3) is 10.9 Å². The number of para-hydroxylation sites is 1. The summed E-state index contributed by atoms with van der Waals surface area (Å²) in [6, 6.07) is 20.2. The molecule has 1 atom stereocenters. The fourth-order valence-electron chi connectivity index (χ4n) is 3.35. The van der Waals surface area contributed by atoms with Crippen molar-refractivity contribution >= 4 is 22.6 Å². The summed E-state index contributed by atoms with van der Waals surface area (Å²) in [5.74, 6) is 1.82. The third kappa shape index (κ3) is 3.87. The molecule has 0 aliphatic carbocycles. The quantitative estimate of drug-likeness (QED) is 0.753. The molecule has 1 N–H and O–H groups in total. The zero-order valence-corrected chi connectivity index (χ0v) is 15.6. The standard InChI is InChI=1S/C22H23N3O2/c1-15(23-16(2)26)17-7-10-19(11-8-17)27-20-13-25(14-20)22-12-9-18-5-3-4-6-21(18)24-22/h3-12,15,20H,13-14H2,1-2H3,(H,23,26). The van der Waals surface area contributed by atoms with Crippen molar-refractivity contribution in [2.75, 3.05) is 18.0 Å².